The molecule has 0 atom stereocenters. The number of sulfonamides is 1. The molecular formula is C24H22F2N4O6S2. The Balaban J connectivity index is 1.76. The number of nitrogens with zero attached hydrogens (tertiary/aromatic N) is 3. The monoisotopic (exact) mass is 564 g/mol. The maximum absolute atomic E-state index is 14.2. The minimum absolute atomic E-state index is 0.00933. The fourth-order valence-electron chi connectivity index (χ4n) is 3.65. The molecule has 0 saturated heterocycles. The third kappa shape index (κ3) is 6.03. The predicted molar refractivity (Wildman–Crippen MR) is 137 cm³/mol. The van der Waals surface area contributed by atoms with Crippen molar-refractivity contribution in [3.05, 3.63) is 82.7 Å². The van der Waals surface area contributed by atoms with Crippen LogP contribution in [-0.2, 0) is 37.7 Å². The van der Waals surface area contributed by atoms with Gasteiger partial charge in [-0.1, -0.05) is 6.07 Å². The highest BCUT2D eigenvalue weighted by Crippen LogP contribution is 2.28. The van der Waals surface area contributed by atoms with Gasteiger partial charge in [-0.15, -0.1) is 0 Å². The number of halogens is 2. The van der Waals surface area contributed by atoms with E-state index in [9.17, 15) is 30.4 Å². The zero-order valence-electron chi connectivity index (χ0n) is 20.2. The Kier molecular flexibility index (Phi) is 7.58. The van der Waals surface area contributed by atoms with Gasteiger partial charge >= 0.3 is 0 Å². The molecule has 0 bridgehead atoms. The number of methoxy groups -OCH3 is 1. The van der Waals surface area contributed by atoms with Crippen LogP contribution in [0.1, 0.15) is 5.69 Å². The summed E-state index contributed by atoms with van der Waals surface area (Å²) >= 11 is 0. The Labute approximate surface area is 216 Å². The molecule has 1 N–H and O–H groups in total. The van der Waals surface area contributed by atoms with Crippen molar-refractivity contribution < 1.29 is 30.4 Å². The number of aromatic nitrogens is 3. The average Bonchev–Trinajstić information content (AvgIpc) is 2.84. The first-order chi connectivity index (χ1) is 17.9. The molecule has 4 rings (SSSR count). The molecule has 0 saturated carbocycles. The van der Waals surface area contributed by atoms with Crippen LogP contribution in [-0.4, -0.2) is 50.5 Å². The first-order valence-corrected chi connectivity index (χ1v) is 14.6. The highest BCUT2D eigenvalue weighted by molar-refractivity contribution is 7.92. The molecule has 2 aromatic heterocycles. The van der Waals surface area contributed by atoms with Crippen LogP contribution in [0.15, 0.2) is 64.7 Å². The van der Waals surface area contributed by atoms with Crippen molar-refractivity contribution >= 4 is 36.5 Å². The summed E-state index contributed by atoms with van der Waals surface area (Å²) in [5.41, 5.74) is 1.03. The second kappa shape index (κ2) is 10.6. The molecule has 0 unspecified atom stereocenters. The zero-order chi connectivity index (χ0) is 27.7. The quantitative estimate of drug-likeness (QED) is 0.328. The van der Waals surface area contributed by atoms with E-state index in [1.54, 1.807) is 12.1 Å². The lowest BCUT2D eigenvalue weighted by molar-refractivity contribution is 0.182. The summed E-state index contributed by atoms with van der Waals surface area (Å²) in [6.45, 7) is -0.138. The van der Waals surface area contributed by atoms with Crippen LogP contribution in [0.4, 0.5) is 14.5 Å². The average molecular weight is 565 g/mol. The maximum atomic E-state index is 14.2. The Bertz CT molecular complexity index is 1810. The summed E-state index contributed by atoms with van der Waals surface area (Å²) in [4.78, 5) is 20.7. The molecule has 0 fully saturated rings. The molecule has 14 heteroatoms. The van der Waals surface area contributed by atoms with Crippen LogP contribution in [0.5, 0.6) is 0 Å². The van der Waals surface area contributed by atoms with Crippen molar-refractivity contribution in [2.75, 3.05) is 23.8 Å². The lowest BCUT2D eigenvalue weighted by Gasteiger charge is -2.14. The molecule has 0 aliphatic carbocycles. The zero-order valence-corrected chi connectivity index (χ0v) is 21.8. The van der Waals surface area contributed by atoms with E-state index < -0.39 is 41.9 Å². The summed E-state index contributed by atoms with van der Waals surface area (Å²) in [6, 6.07) is 8.33. The SMILES string of the molecule is COCc1ncc(-c2ccc3ncn(CCS(C)(=O)=O)c(=O)c3c2)cc1NS(=O)(=O)c1ccc(F)cc1F. The third-order valence-corrected chi connectivity index (χ3v) is 7.86. The number of anilines is 1. The molecule has 0 radical (unpaired) electrons. The number of pyridine rings is 1. The van der Waals surface area contributed by atoms with Crippen LogP contribution in [0.3, 0.4) is 0 Å². The van der Waals surface area contributed by atoms with Gasteiger partial charge in [0.1, 0.15) is 26.4 Å². The first kappa shape index (κ1) is 27.3. The van der Waals surface area contributed by atoms with Crippen LogP contribution in [0, 0.1) is 11.6 Å². The number of fused-ring (bicyclic) bond motifs is 1. The van der Waals surface area contributed by atoms with Gasteiger partial charge in [-0.25, -0.2) is 30.6 Å². The molecule has 200 valence electrons. The van der Waals surface area contributed by atoms with Gasteiger partial charge in [0.25, 0.3) is 15.6 Å². The molecular weight excluding hydrogens is 542 g/mol. The second-order valence-corrected chi connectivity index (χ2v) is 12.3. The lowest BCUT2D eigenvalue weighted by atomic mass is 10.0. The number of rotatable bonds is 9. The number of sulfone groups is 1. The first-order valence-electron chi connectivity index (χ1n) is 11.0. The number of ether oxygens (including phenoxy) is 1. The van der Waals surface area contributed by atoms with Gasteiger partial charge in [-0.05, 0) is 35.9 Å². The van der Waals surface area contributed by atoms with E-state index >= 15 is 0 Å². The molecule has 0 spiro atoms. The largest absolute Gasteiger partial charge is 0.378 e. The molecule has 0 amide bonds. The number of hydrogen-bond acceptors (Lipinski definition) is 8. The van der Waals surface area contributed by atoms with Gasteiger partial charge in [0.15, 0.2) is 0 Å². The van der Waals surface area contributed by atoms with E-state index in [4.69, 9.17) is 4.74 Å². The molecule has 0 aliphatic heterocycles. The molecule has 10 nitrogen and oxygen atoms in total. The Morgan fingerprint density at radius 2 is 1.76 bits per heavy atom. The van der Waals surface area contributed by atoms with Crippen molar-refractivity contribution in [2.45, 2.75) is 18.0 Å². The van der Waals surface area contributed by atoms with Gasteiger partial charge in [0.2, 0.25) is 0 Å². The summed E-state index contributed by atoms with van der Waals surface area (Å²) < 4.78 is 84.9. The Hall–Kier alpha value is -3.75. The maximum Gasteiger partial charge on any atom is 0.264 e. The van der Waals surface area contributed by atoms with Crippen molar-refractivity contribution in [3.63, 3.8) is 0 Å². The van der Waals surface area contributed by atoms with E-state index in [0.29, 0.717) is 22.7 Å². The normalized spacial score (nSPS) is 12.1. The third-order valence-electron chi connectivity index (χ3n) is 5.54. The van der Waals surface area contributed by atoms with E-state index in [1.807, 2.05) is 0 Å². The molecule has 38 heavy (non-hydrogen) atoms. The fourth-order valence-corrected chi connectivity index (χ4v) is 5.31. The summed E-state index contributed by atoms with van der Waals surface area (Å²) in [7, 11) is -6.38. The summed E-state index contributed by atoms with van der Waals surface area (Å²) in [6.07, 6.45) is 3.80. The number of aryl methyl sites for hydroxylation is 1. The number of hydrogen-bond donors (Lipinski definition) is 1. The van der Waals surface area contributed by atoms with E-state index in [2.05, 4.69) is 14.7 Å². The fraction of sp³-hybridized carbons (Fsp3) is 0.208. The molecule has 0 aliphatic rings. The summed E-state index contributed by atoms with van der Waals surface area (Å²) in [5, 5.41) is 0.218. The van der Waals surface area contributed by atoms with Crippen molar-refractivity contribution in [1.29, 1.82) is 0 Å². The van der Waals surface area contributed by atoms with Gasteiger partial charge in [0, 0.05) is 37.7 Å². The minimum atomic E-state index is -4.47. The molecule has 2 heterocycles. The van der Waals surface area contributed by atoms with Crippen LogP contribution in [0.25, 0.3) is 22.0 Å². The standard InChI is InChI=1S/C24H22F2N4O6S2/c1-36-13-22-21(29-38(34,35)23-6-4-17(25)11-19(23)26)10-16(12-27-22)15-3-5-20-18(9-15)24(31)30(14-28-20)7-8-37(2,32)33/h3-6,9-12,14,29H,7-8,13H2,1-2H3. The van der Waals surface area contributed by atoms with Crippen LogP contribution >= 0.6 is 0 Å². The minimum Gasteiger partial charge on any atom is -0.378 e. The predicted octanol–water partition coefficient (Wildman–Crippen LogP) is 2.73. The van der Waals surface area contributed by atoms with Crippen molar-refractivity contribution in [3.8, 4) is 11.1 Å². The highest BCUT2D eigenvalue weighted by atomic mass is 32.2. The second-order valence-electron chi connectivity index (χ2n) is 8.44. The number of benzene rings is 2. The van der Waals surface area contributed by atoms with Crippen LogP contribution < -0.4 is 10.3 Å². The van der Waals surface area contributed by atoms with Gasteiger partial charge in [-0.3, -0.25) is 19.1 Å². The lowest BCUT2D eigenvalue weighted by Crippen LogP contribution is -2.24. The van der Waals surface area contributed by atoms with Crippen molar-refractivity contribution in [1.82, 2.24) is 14.5 Å². The molecule has 4 aromatic rings. The summed E-state index contributed by atoms with van der Waals surface area (Å²) in [5.74, 6) is -2.42. The Morgan fingerprint density at radius 3 is 2.45 bits per heavy atom. The van der Waals surface area contributed by atoms with Gasteiger partial charge in [-0.2, -0.15) is 0 Å². The molecule has 2 aromatic carbocycles. The Morgan fingerprint density at radius 1 is 1.00 bits per heavy atom. The van der Waals surface area contributed by atoms with E-state index in [1.165, 1.54) is 36.3 Å². The van der Waals surface area contributed by atoms with E-state index in [0.717, 1.165) is 18.4 Å². The topological polar surface area (TPSA) is 137 Å². The van der Waals surface area contributed by atoms with Crippen LogP contribution in [0.2, 0.25) is 0 Å². The number of nitrogens with one attached hydrogen (secondary N) is 1. The van der Waals surface area contributed by atoms with E-state index in [-0.39, 0.29) is 35.7 Å². The van der Waals surface area contributed by atoms with Gasteiger partial charge < -0.3 is 4.74 Å². The highest BCUT2D eigenvalue weighted by Gasteiger charge is 2.22. The van der Waals surface area contributed by atoms with Gasteiger partial charge in [0.05, 0.1) is 41.0 Å². The smallest absolute Gasteiger partial charge is 0.264 e. The van der Waals surface area contributed by atoms with Crippen molar-refractivity contribution in [2.24, 2.45) is 0 Å².